The Kier molecular flexibility index (Phi) is 2.69. The maximum atomic E-state index is 12.3. The summed E-state index contributed by atoms with van der Waals surface area (Å²) < 4.78 is 36.8. The fourth-order valence-electron chi connectivity index (χ4n) is 1.17. The molecule has 0 radical (unpaired) electrons. The van der Waals surface area contributed by atoms with Crippen molar-refractivity contribution in [3.63, 3.8) is 0 Å². The highest BCUT2D eigenvalue weighted by Gasteiger charge is 2.39. The lowest BCUT2D eigenvalue weighted by Crippen LogP contribution is -2.48. The van der Waals surface area contributed by atoms with Gasteiger partial charge in [0.05, 0.1) is 0 Å². The molecule has 1 rings (SSSR count). The molecule has 1 heterocycles. The fraction of sp³-hybridized carbons (Fsp3) is 0.444. The van der Waals surface area contributed by atoms with Crippen molar-refractivity contribution in [1.82, 2.24) is 5.32 Å². The van der Waals surface area contributed by atoms with E-state index in [4.69, 9.17) is 0 Å². The molecule has 0 aromatic heterocycles. The number of hydrogen-bond acceptors (Lipinski definition) is 2. The molecule has 0 aliphatic carbocycles. The van der Waals surface area contributed by atoms with Crippen LogP contribution in [0.15, 0.2) is 23.9 Å². The summed E-state index contributed by atoms with van der Waals surface area (Å²) >= 11 is 0. The van der Waals surface area contributed by atoms with Crippen LogP contribution in [0.4, 0.5) is 13.2 Å². The van der Waals surface area contributed by atoms with Crippen LogP contribution in [-0.2, 0) is 4.79 Å². The smallest absolute Gasteiger partial charge is 0.366 e. The van der Waals surface area contributed by atoms with Gasteiger partial charge in [-0.05, 0) is 12.5 Å². The summed E-state index contributed by atoms with van der Waals surface area (Å²) in [5.41, 5.74) is -2.09. The number of carbonyl (C=O) groups excluding carboxylic acids is 1. The van der Waals surface area contributed by atoms with E-state index < -0.39 is 17.4 Å². The van der Waals surface area contributed by atoms with E-state index in [9.17, 15) is 18.0 Å². The van der Waals surface area contributed by atoms with Gasteiger partial charge in [-0.1, -0.05) is 19.1 Å². The van der Waals surface area contributed by atoms with E-state index in [0.717, 1.165) is 6.08 Å². The molecule has 0 fully saturated rings. The molecule has 2 nitrogen and oxygen atoms in total. The van der Waals surface area contributed by atoms with E-state index in [-0.39, 0.29) is 6.42 Å². The predicted molar refractivity (Wildman–Crippen MR) is 45.5 cm³/mol. The topological polar surface area (TPSA) is 29.1 Å². The molecule has 0 amide bonds. The summed E-state index contributed by atoms with van der Waals surface area (Å²) in [6, 6.07) is 0. The van der Waals surface area contributed by atoms with Gasteiger partial charge in [-0.3, -0.25) is 0 Å². The van der Waals surface area contributed by atoms with Gasteiger partial charge >= 0.3 is 6.18 Å². The first kappa shape index (κ1) is 10.8. The van der Waals surface area contributed by atoms with Crippen molar-refractivity contribution in [2.45, 2.75) is 25.1 Å². The summed E-state index contributed by atoms with van der Waals surface area (Å²) in [5, 5.41) is 2.19. The van der Waals surface area contributed by atoms with Crippen LogP contribution in [-0.4, -0.2) is 18.0 Å². The predicted octanol–water partition coefficient (Wildman–Crippen LogP) is 1.94. The van der Waals surface area contributed by atoms with E-state index in [0.29, 0.717) is 6.29 Å². The number of carbonyl (C=O) groups is 1. The fourth-order valence-corrected chi connectivity index (χ4v) is 1.17. The van der Waals surface area contributed by atoms with Crippen LogP contribution in [0.25, 0.3) is 0 Å². The third kappa shape index (κ3) is 1.97. The molecule has 0 bridgehead atoms. The number of allylic oxidation sites excluding steroid dienone is 3. The molecular weight excluding hydrogens is 195 g/mol. The molecule has 0 aromatic rings. The molecule has 0 spiro atoms. The Morgan fingerprint density at radius 2 is 2.21 bits per heavy atom. The number of rotatable bonds is 2. The zero-order valence-corrected chi connectivity index (χ0v) is 7.56. The second kappa shape index (κ2) is 3.48. The lowest BCUT2D eigenvalue weighted by atomic mass is 9.94. The molecule has 1 unspecified atom stereocenters. The van der Waals surface area contributed by atoms with Gasteiger partial charge in [-0.25, -0.2) is 0 Å². The molecule has 78 valence electrons. The second-order valence-corrected chi connectivity index (χ2v) is 3.07. The van der Waals surface area contributed by atoms with Crippen LogP contribution in [0.3, 0.4) is 0 Å². The van der Waals surface area contributed by atoms with Gasteiger partial charge in [0, 0.05) is 0 Å². The first-order valence-corrected chi connectivity index (χ1v) is 4.15. The molecule has 1 aliphatic rings. The summed E-state index contributed by atoms with van der Waals surface area (Å²) in [5.74, 6) is 0. The zero-order valence-electron chi connectivity index (χ0n) is 7.56. The maximum absolute atomic E-state index is 12.3. The van der Waals surface area contributed by atoms with E-state index >= 15 is 0 Å². The van der Waals surface area contributed by atoms with E-state index in [1.807, 2.05) is 0 Å². The van der Waals surface area contributed by atoms with E-state index in [1.165, 1.54) is 12.2 Å². The highest BCUT2D eigenvalue weighted by Crippen LogP contribution is 2.28. The highest BCUT2D eigenvalue weighted by molar-refractivity contribution is 5.69. The standard InChI is InChI=1S/C9H10F3NO/c1-2-8(6-14)5-3-4-7(13-8)9(10,11)12/h3-6,13H,2H2,1H3. The number of alkyl halides is 3. The Morgan fingerprint density at radius 1 is 1.57 bits per heavy atom. The molecule has 1 N–H and O–H groups in total. The van der Waals surface area contributed by atoms with E-state index in [2.05, 4.69) is 5.32 Å². The van der Waals surface area contributed by atoms with Gasteiger partial charge in [0.1, 0.15) is 17.5 Å². The van der Waals surface area contributed by atoms with Crippen molar-refractivity contribution in [3.05, 3.63) is 23.9 Å². The van der Waals surface area contributed by atoms with Crippen molar-refractivity contribution < 1.29 is 18.0 Å². The quantitative estimate of drug-likeness (QED) is 0.698. The lowest BCUT2D eigenvalue weighted by molar-refractivity contribution is -0.114. The van der Waals surface area contributed by atoms with Crippen LogP contribution in [0, 0.1) is 0 Å². The number of aldehydes is 1. The van der Waals surface area contributed by atoms with Crippen LogP contribution in [0.1, 0.15) is 13.3 Å². The Balaban J connectivity index is 2.93. The third-order valence-corrected chi connectivity index (χ3v) is 2.12. The average molecular weight is 205 g/mol. The van der Waals surface area contributed by atoms with Crippen LogP contribution in [0.5, 0.6) is 0 Å². The van der Waals surface area contributed by atoms with Crippen molar-refractivity contribution in [3.8, 4) is 0 Å². The van der Waals surface area contributed by atoms with Crippen molar-refractivity contribution in [2.75, 3.05) is 0 Å². The first-order chi connectivity index (χ1) is 6.43. The minimum absolute atomic E-state index is 0.278. The minimum Gasteiger partial charge on any atom is -0.366 e. The first-order valence-electron chi connectivity index (χ1n) is 4.15. The van der Waals surface area contributed by atoms with Crippen molar-refractivity contribution >= 4 is 6.29 Å². The monoisotopic (exact) mass is 205 g/mol. The lowest BCUT2D eigenvalue weighted by Gasteiger charge is -2.30. The summed E-state index contributed by atoms with van der Waals surface area (Å²) in [7, 11) is 0. The third-order valence-electron chi connectivity index (χ3n) is 2.12. The Morgan fingerprint density at radius 3 is 2.64 bits per heavy atom. The molecular formula is C9H10F3NO. The number of halogens is 3. The summed E-state index contributed by atoms with van der Waals surface area (Å²) in [6.45, 7) is 1.64. The Labute approximate surface area is 79.5 Å². The largest absolute Gasteiger partial charge is 0.430 e. The average Bonchev–Trinajstić information content (AvgIpc) is 2.16. The molecule has 5 heteroatoms. The van der Waals surface area contributed by atoms with Gasteiger partial charge in [0.2, 0.25) is 0 Å². The van der Waals surface area contributed by atoms with E-state index in [1.54, 1.807) is 6.92 Å². The molecule has 14 heavy (non-hydrogen) atoms. The van der Waals surface area contributed by atoms with Crippen molar-refractivity contribution in [1.29, 1.82) is 0 Å². The maximum Gasteiger partial charge on any atom is 0.430 e. The summed E-state index contributed by atoms with van der Waals surface area (Å²) in [6.07, 6.45) is -0.0826. The molecule has 0 saturated carbocycles. The molecule has 1 aliphatic heterocycles. The van der Waals surface area contributed by atoms with Gasteiger partial charge in [-0.15, -0.1) is 0 Å². The Hall–Kier alpha value is -1.26. The van der Waals surface area contributed by atoms with Crippen LogP contribution in [0.2, 0.25) is 0 Å². The molecule has 0 saturated heterocycles. The number of dihydropyridines is 1. The summed E-state index contributed by atoms with van der Waals surface area (Å²) in [4.78, 5) is 10.7. The van der Waals surface area contributed by atoms with Crippen LogP contribution >= 0.6 is 0 Å². The van der Waals surface area contributed by atoms with Gasteiger partial charge in [0.25, 0.3) is 0 Å². The minimum atomic E-state index is -4.44. The highest BCUT2D eigenvalue weighted by atomic mass is 19.4. The zero-order chi connectivity index (χ0) is 10.8. The number of nitrogens with one attached hydrogen (secondary N) is 1. The van der Waals surface area contributed by atoms with Gasteiger partial charge in [0.15, 0.2) is 0 Å². The number of hydrogen-bond donors (Lipinski definition) is 1. The van der Waals surface area contributed by atoms with Gasteiger partial charge in [-0.2, -0.15) is 13.2 Å². The molecule has 0 aromatic carbocycles. The Bertz CT molecular complexity index is 293. The SMILES string of the molecule is CCC1(C=O)C=CC=C(C(F)(F)F)N1. The van der Waals surface area contributed by atoms with Crippen LogP contribution < -0.4 is 5.32 Å². The molecule has 1 atom stereocenters. The van der Waals surface area contributed by atoms with Gasteiger partial charge < -0.3 is 10.1 Å². The normalized spacial score (nSPS) is 26.7. The second-order valence-electron chi connectivity index (χ2n) is 3.07. The van der Waals surface area contributed by atoms with Crippen molar-refractivity contribution in [2.24, 2.45) is 0 Å².